The number of nitrogens with zero attached hydrogens (tertiary/aromatic N) is 3. The zero-order valence-corrected chi connectivity index (χ0v) is 18.4. The minimum absolute atomic E-state index is 0.0204. The summed E-state index contributed by atoms with van der Waals surface area (Å²) < 4.78 is 39.7. The van der Waals surface area contributed by atoms with E-state index in [1.165, 1.54) is 12.4 Å². The van der Waals surface area contributed by atoms with Gasteiger partial charge in [-0.25, -0.2) is 19.7 Å². The second-order valence-corrected chi connectivity index (χ2v) is 7.85. The van der Waals surface area contributed by atoms with Crippen molar-refractivity contribution < 1.29 is 18.0 Å². The van der Waals surface area contributed by atoms with E-state index in [9.17, 15) is 18.0 Å². The van der Waals surface area contributed by atoms with Gasteiger partial charge < -0.3 is 16.0 Å². The van der Waals surface area contributed by atoms with Crippen LogP contribution in [-0.4, -0.2) is 33.6 Å². The molecule has 0 saturated heterocycles. The molecular weight excluding hydrogens is 501 g/mol. The molecule has 0 saturated carbocycles. The molecule has 2 aromatic heterocycles. The smallest absolute Gasteiger partial charge is 0.365 e. The molecule has 1 atom stereocenters. The van der Waals surface area contributed by atoms with Crippen LogP contribution in [0.2, 0.25) is 5.02 Å². The number of hydrogen-bond donors (Lipinski definition) is 3. The van der Waals surface area contributed by atoms with Gasteiger partial charge in [-0.2, -0.15) is 13.2 Å². The minimum atomic E-state index is -4.62. The normalized spacial score (nSPS) is 12.5. The van der Waals surface area contributed by atoms with Crippen LogP contribution in [0.1, 0.15) is 18.9 Å². The third-order valence-electron chi connectivity index (χ3n) is 4.33. The Kier molecular flexibility index (Phi) is 7.16. The molecule has 2 heterocycles. The number of rotatable bonds is 6. The molecule has 0 spiro atoms. The van der Waals surface area contributed by atoms with Gasteiger partial charge in [-0.05, 0) is 46.6 Å². The molecule has 3 aromatic rings. The Bertz CT molecular complexity index is 1100. The highest BCUT2D eigenvalue weighted by Gasteiger charge is 2.33. The highest BCUT2D eigenvalue weighted by atomic mass is 79.9. The average Bonchev–Trinajstić information content (AvgIpc) is 2.72. The van der Waals surface area contributed by atoms with Crippen molar-refractivity contribution >= 4 is 56.1 Å². The summed E-state index contributed by atoms with van der Waals surface area (Å²) in [5.74, 6) is 0.556. The molecular formula is C19H17BrClF3N6O. The van der Waals surface area contributed by atoms with Crippen molar-refractivity contribution in [3.8, 4) is 0 Å². The van der Waals surface area contributed by atoms with E-state index in [2.05, 4.69) is 46.8 Å². The molecule has 31 heavy (non-hydrogen) atoms. The molecule has 0 bridgehead atoms. The zero-order valence-electron chi connectivity index (χ0n) is 16.1. The van der Waals surface area contributed by atoms with Gasteiger partial charge >= 0.3 is 12.2 Å². The molecule has 0 fully saturated rings. The van der Waals surface area contributed by atoms with Crippen molar-refractivity contribution in [1.29, 1.82) is 0 Å². The second-order valence-electron chi connectivity index (χ2n) is 6.52. The summed E-state index contributed by atoms with van der Waals surface area (Å²) >= 11 is 8.96. The Morgan fingerprint density at radius 2 is 2.00 bits per heavy atom. The van der Waals surface area contributed by atoms with Gasteiger partial charge in [0.1, 0.15) is 12.1 Å². The predicted molar refractivity (Wildman–Crippen MR) is 116 cm³/mol. The number of hydrogen-bond acceptors (Lipinski definition) is 5. The van der Waals surface area contributed by atoms with Gasteiger partial charge in [0.25, 0.3) is 0 Å². The van der Waals surface area contributed by atoms with Crippen molar-refractivity contribution in [2.75, 3.05) is 17.2 Å². The van der Waals surface area contributed by atoms with Crippen molar-refractivity contribution in [3.63, 3.8) is 0 Å². The maximum atomic E-state index is 13.0. The van der Waals surface area contributed by atoms with Crippen molar-refractivity contribution in [2.24, 2.45) is 0 Å². The summed E-state index contributed by atoms with van der Waals surface area (Å²) in [6, 6.07) is 4.16. The highest BCUT2D eigenvalue weighted by molar-refractivity contribution is 9.10. The summed E-state index contributed by atoms with van der Waals surface area (Å²) in [4.78, 5) is 24.8. The summed E-state index contributed by atoms with van der Waals surface area (Å²) in [6.45, 7) is 2.12. The third kappa shape index (κ3) is 5.95. The van der Waals surface area contributed by atoms with Crippen LogP contribution >= 0.6 is 27.5 Å². The summed E-state index contributed by atoms with van der Waals surface area (Å²) in [7, 11) is 0. The first-order valence-corrected chi connectivity index (χ1v) is 10.3. The van der Waals surface area contributed by atoms with Crippen LogP contribution in [-0.2, 0) is 6.18 Å². The van der Waals surface area contributed by atoms with E-state index in [1.54, 1.807) is 6.20 Å². The molecule has 12 heteroatoms. The van der Waals surface area contributed by atoms with E-state index in [0.29, 0.717) is 23.3 Å². The van der Waals surface area contributed by atoms with Crippen LogP contribution in [0.3, 0.4) is 0 Å². The fraction of sp³-hybridized carbons (Fsp3) is 0.263. The molecule has 0 aliphatic carbocycles. The molecule has 0 aliphatic heterocycles. The number of alkyl halides is 3. The van der Waals surface area contributed by atoms with E-state index >= 15 is 0 Å². The lowest BCUT2D eigenvalue weighted by molar-refractivity contribution is -0.137. The van der Waals surface area contributed by atoms with Crippen molar-refractivity contribution in [3.05, 3.63) is 51.8 Å². The van der Waals surface area contributed by atoms with Gasteiger partial charge in [0.15, 0.2) is 5.65 Å². The number of fused-ring (bicyclic) bond motifs is 1. The number of pyridine rings is 1. The lowest BCUT2D eigenvalue weighted by Gasteiger charge is -2.19. The van der Waals surface area contributed by atoms with Crippen LogP contribution in [0.5, 0.6) is 0 Å². The minimum Gasteiger partial charge on any atom is -0.365 e. The number of carbonyl (C=O) groups excluding carboxylic acids is 1. The second kappa shape index (κ2) is 9.65. The molecule has 0 aliphatic rings. The van der Waals surface area contributed by atoms with Crippen molar-refractivity contribution in [1.82, 2.24) is 20.3 Å². The van der Waals surface area contributed by atoms with Crippen LogP contribution in [0.4, 0.5) is 29.5 Å². The van der Waals surface area contributed by atoms with E-state index < -0.39 is 22.8 Å². The Morgan fingerprint density at radius 3 is 2.71 bits per heavy atom. The third-order valence-corrected chi connectivity index (χ3v) is 5.09. The number of carbonyl (C=O) groups is 1. The number of amides is 2. The molecule has 7 nitrogen and oxygen atoms in total. The first-order chi connectivity index (χ1) is 14.7. The quantitative estimate of drug-likeness (QED) is 0.403. The maximum absolute atomic E-state index is 13.0. The molecule has 1 aromatic carbocycles. The maximum Gasteiger partial charge on any atom is 0.417 e. The summed E-state index contributed by atoms with van der Waals surface area (Å²) in [5.41, 5.74) is -0.520. The van der Waals surface area contributed by atoms with Gasteiger partial charge in [0.2, 0.25) is 0 Å². The molecule has 3 N–H and O–H groups in total. The van der Waals surface area contributed by atoms with Gasteiger partial charge in [-0.3, -0.25) is 0 Å². The highest BCUT2D eigenvalue weighted by Crippen LogP contribution is 2.36. The fourth-order valence-electron chi connectivity index (χ4n) is 2.74. The monoisotopic (exact) mass is 516 g/mol. The Labute approximate surface area is 188 Å². The molecule has 3 rings (SSSR count). The van der Waals surface area contributed by atoms with Gasteiger partial charge in [-0.1, -0.05) is 18.5 Å². The Morgan fingerprint density at radius 1 is 1.23 bits per heavy atom. The van der Waals surface area contributed by atoms with E-state index in [4.69, 9.17) is 11.6 Å². The Balaban J connectivity index is 1.64. The number of halogens is 5. The SMILES string of the molecule is CCC(CNC(=O)Nc1ccc(Cl)c(C(F)(F)F)c1)Nc1ncnc2ncc(Br)cc12. The van der Waals surface area contributed by atoms with Crippen LogP contribution in [0.25, 0.3) is 11.0 Å². The van der Waals surface area contributed by atoms with Crippen LogP contribution in [0.15, 0.2) is 41.3 Å². The largest absolute Gasteiger partial charge is 0.417 e. The van der Waals surface area contributed by atoms with E-state index in [1.807, 2.05) is 13.0 Å². The van der Waals surface area contributed by atoms with Gasteiger partial charge in [-0.15, -0.1) is 0 Å². The average molecular weight is 518 g/mol. The van der Waals surface area contributed by atoms with E-state index in [0.717, 1.165) is 16.6 Å². The summed E-state index contributed by atoms with van der Waals surface area (Å²) in [5, 5.41) is 8.53. The topological polar surface area (TPSA) is 91.8 Å². The number of aromatic nitrogens is 3. The molecule has 0 radical (unpaired) electrons. The summed E-state index contributed by atoms with van der Waals surface area (Å²) in [6.07, 6.45) is -0.959. The van der Waals surface area contributed by atoms with Gasteiger partial charge in [0, 0.05) is 28.9 Å². The molecule has 164 valence electrons. The first-order valence-electron chi connectivity index (χ1n) is 9.11. The molecule has 2 amide bonds. The van der Waals surface area contributed by atoms with E-state index in [-0.39, 0.29) is 18.3 Å². The zero-order chi connectivity index (χ0) is 22.6. The number of nitrogens with one attached hydrogen (secondary N) is 3. The fourth-order valence-corrected chi connectivity index (χ4v) is 3.29. The van der Waals surface area contributed by atoms with Crippen LogP contribution in [0, 0.1) is 0 Å². The standard InChI is InChI=1S/C19H17BrClF3N6O/c1-2-11(29-17-13-5-10(20)7-25-16(13)27-9-28-17)8-26-18(31)30-12-3-4-15(21)14(6-12)19(22,23)24/h3-7,9,11H,2,8H2,1H3,(H2,26,30,31)(H,25,27,28,29). The number of urea groups is 1. The lowest BCUT2D eigenvalue weighted by Crippen LogP contribution is -2.38. The van der Waals surface area contributed by atoms with Gasteiger partial charge in [0.05, 0.1) is 16.0 Å². The number of benzene rings is 1. The van der Waals surface area contributed by atoms with Crippen LogP contribution < -0.4 is 16.0 Å². The van der Waals surface area contributed by atoms with Crippen molar-refractivity contribution in [2.45, 2.75) is 25.6 Å². The number of anilines is 2. The predicted octanol–water partition coefficient (Wildman–Crippen LogP) is 5.47. The Hall–Kier alpha value is -2.66. The lowest BCUT2D eigenvalue weighted by atomic mass is 10.2. The first kappa shape index (κ1) is 23.0. The molecule has 1 unspecified atom stereocenters.